The van der Waals surface area contributed by atoms with Crippen LogP contribution in [0.25, 0.3) is 0 Å². The SMILES string of the molecule is CC1(C)OC2C(C=O)CC(n3cnc(C(=N)N)n3)C2O1. The summed E-state index contributed by atoms with van der Waals surface area (Å²) in [6.45, 7) is 3.65. The smallest absolute Gasteiger partial charge is 0.215 e. The molecular formula is C12H17N5O3. The summed E-state index contributed by atoms with van der Waals surface area (Å²) in [5.74, 6) is -0.945. The third-order valence-corrected chi connectivity index (χ3v) is 3.74. The fraction of sp³-hybridized carbons (Fsp3) is 0.667. The third kappa shape index (κ3) is 2.01. The molecule has 0 amide bonds. The Hall–Kier alpha value is -1.80. The number of hydrogen-bond acceptors (Lipinski definition) is 6. The van der Waals surface area contributed by atoms with E-state index in [2.05, 4.69) is 10.1 Å². The number of nitrogens with zero attached hydrogens (tertiary/aromatic N) is 3. The Morgan fingerprint density at radius 2 is 2.25 bits per heavy atom. The Bertz CT molecular complexity index is 555. The number of nitrogen functional groups attached to an aromatic ring is 1. The van der Waals surface area contributed by atoms with Gasteiger partial charge in [0.25, 0.3) is 0 Å². The van der Waals surface area contributed by atoms with Gasteiger partial charge in [0, 0.05) is 5.92 Å². The maximum atomic E-state index is 11.2. The molecule has 20 heavy (non-hydrogen) atoms. The number of fused-ring (bicyclic) bond motifs is 1. The van der Waals surface area contributed by atoms with Gasteiger partial charge in [0.05, 0.1) is 12.1 Å². The summed E-state index contributed by atoms with van der Waals surface area (Å²) < 4.78 is 13.3. The quantitative estimate of drug-likeness (QED) is 0.451. The van der Waals surface area contributed by atoms with E-state index >= 15 is 0 Å². The van der Waals surface area contributed by atoms with Crippen LogP contribution in [0.15, 0.2) is 6.33 Å². The minimum atomic E-state index is -0.709. The van der Waals surface area contributed by atoms with E-state index in [4.69, 9.17) is 20.6 Å². The highest BCUT2D eigenvalue weighted by atomic mass is 16.8. The average molecular weight is 279 g/mol. The predicted molar refractivity (Wildman–Crippen MR) is 68.1 cm³/mol. The predicted octanol–water partition coefficient (Wildman–Crippen LogP) is -0.158. The van der Waals surface area contributed by atoms with E-state index in [1.165, 1.54) is 6.33 Å². The van der Waals surface area contributed by atoms with E-state index in [1.807, 2.05) is 13.8 Å². The number of carbonyl (C=O) groups excluding carboxylic acids is 1. The maximum Gasteiger partial charge on any atom is 0.215 e. The zero-order valence-corrected chi connectivity index (χ0v) is 11.3. The first-order valence-electron chi connectivity index (χ1n) is 6.48. The van der Waals surface area contributed by atoms with Gasteiger partial charge in [-0.1, -0.05) is 0 Å². The van der Waals surface area contributed by atoms with Crippen molar-refractivity contribution < 1.29 is 14.3 Å². The molecule has 2 fully saturated rings. The first kappa shape index (κ1) is 13.2. The molecule has 4 atom stereocenters. The van der Waals surface area contributed by atoms with Crippen LogP contribution in [-0.4, -0.2) is 44.9 Å². The number of nitrogens with two attached hydrogens (primary N) is 1. The van der Waals surface area contributed by atoms with Gasteiger partial charge in [-0.3, -0.25) is 5.41 Å². The fourth-order valence-corrected chi connectivity index (χ4v) is 2.94. The van der Waals surface area contributed by atoms with Crippen molar-refractivity contribution in [3.8, 4) is 0 Å². The number of aldehydes is 1. The van der Waals surface area contributed by atoms with Gasteiger partial charge in [-0.05, 0) is 20.3 Å². The van der Waals surface area contributed by atoms with E-state index in [9.17, 15) is 4.79 Å². The number of rotatable bonds is 3. The van der Waals surface area contributed by atoms with E-state index < -0.39 is 5.79 Å². The number of nitrogens with one attached hydrogen (secondary N) is 1. The lowest BCUT2D eigenvalue weighted by atomic mass is 10.1. The summed E-state index contributed by atoms with van der Waals surface area (Å²) in [4.78, 5) is 15.2. The molecule has 0 radical (unpaired) electrons. The molecule has 2 aliphatic rings. The highest BCUT2D eigenvalue weighted by Crippen LogP contribution is 2.45. The number of aromatic nitrogens is 3. The summed E-state index contributed by atoms with van der Waals surface area (Å²) >= 11 is 0. The van der Waals surface area contributed by atoms with Crippen molar-refractivity contribution in [3.63, 3.8) is 0 Å². The Morgan fingerprint density at radius 3 is 2.85 bits per heavy atom. The van der Waals surface area contributed by atoms with Gasteiger partial charge in [-0.25, -0.2) is 9.67 Å². The van der Waals surface area contributed by atoms with E-state index in [-0.39, 0.29) is 35.8 Å². The van der Waals surface area contributed by atoms with Crippen molar-refractivity contribution in [2.75, 3.05) is 0 Å². The molecule has 1 saturated heterocycles. The second kappa shape index (κ2) is 4.35. The molecule has 4 unspecified atom stereocenters. The molecule has 0 spiro atoms. The molecule has 1 aromatic heterocycles. The van der Waals surface area contributed by atoms with Crippen molar-refractivity contribution in [2.45, 2.75) is 44.3 Å². The fourth-order valence-electron chi connectivity index (χ4n) is 2.94. The van der Waals surface area contributed by atoms with E-state index in [0.29, 0.717) is 6.42 Å². The summed E-state index contributed by atoms with van der Waals surface area (Å²) in [5, 5.41) is 11.5. The van der Waals surface area contributed by atoms with Crippen LogP contribution in [0.1, 0.15) is 32.1 Å². The van der Waals surface area contributed by atoms with Gasteiger partial charge < -0.3 is 20.0 Å². The lowest BCUT2D eigenvalue weighted by Crippen LogP contribution is -2.28. The molecule has 108 valence electrons. The van der Waals surface area contributed by atoms with Crippen LogP contribution in [0.4, 0.5) is 0 Å². The lowest BCUT2D eigenvalue weighted by Gasteiger charge is -2.22. The van der Waals surface area contributed by atoms with Gasteiger partial charge in [0.1, 0.15) is 18.7 Å². The number of ether oxygens (including phenoxy) is 2. The van der Waals surface area contributed by atoms with Crippen molar-refractivity contribution in [2.24, 2.45) is 11.7 Å². The highest BCUT2D eigenvalue weighted by Gasteiger charge is 2.54. The van der Waals surface area contributed by atoms with Crippen LogP contribution >= 0.6 is 0 Å². The van der Waals surface area contributed by atoms with Crippen LogP contribution in [0, 0.1) is 11.3 Å². The second-order valence-electron chi connectivity index (χ2n) is 5.63. The molecule has 8 nitrogen and oxygen atoms in total. The Labute approximate surface area is 115 Å². The summed E-state index contributed by atoms with van der Waals surface area (Å²) in [5.41, 5.74) is 5.36. The van der Waals surface area contributed by atoms with Crippen LogP contribution in [0.5, 0.6) is 0 Å². The zero-order valence-electron chi connectivity index (χ0n) is 11.3. The Kier molecular flexibility index (Phi) is 2.87. The number of hydrogen-bond donors (Lipinski definition) is 2. The molecule has 0 aromatic carbocycles. The molecule has 1 aromatic rings. The van der Waals surface area contributed by atoms with Crippen LogP contribution in [-0.2, 0) is 14.3 Å². The first-order valence-corrected chi connectivity index (χ1v) is 6.48. The number of amidine groups is 1. The van der Waals surface area contributed by atoms with Crippen molar-refractivity contribution in [3.05, 3.63) is 12.2 Å². The lowest BCUT2D eigenvalue weighted by molar-refractivity contribution is -0.161. The maximum absolute atomic E-state index is 11.2. The Balaban J connectivity index is 1.89. The minimum absolute atomic E-state index is 0.141. The monoisotopic (exact) mass is 279 g/mol. The van der Waals surface area contributed by atoms with E-state index in [0.717, 1.165) is 6.29 Å². The molecule has 2 heterocycles. The van der Waals surface area contributed by atoms with Crippen LogP contribution in [0.2, 0.25) is 0 Å². The van der Waals surface area contributed by atoms with Crippen molar-refractivity contribution in [1.82, 2.24) is 14.8 Å². The first-order chi connectivity index (χ1) is 9.41. The largest absolute Gasteiger partial charge is 0.381 e. The molecule has 8 heteroatoms. The Morgan fingerprint density at radius 1 is 1.55 bits per heavy atom. The standard InChI is InChI=1S/C12H17N5O3/c1-12(2)19-8-6(4-18)3-7(9(8)20-12)17-5-15-11(16-17)10(13)14/h4-9H,3H2,1-2H3,(H3,13,14). The van der Waals surface area contributed by atoms with Gasteiger partial charge >= 0.3 is 0 Å². The van der Waals surface area contributed by atoms with Gasteiger partial charge in [0.2, 0.25) is 5.82 Å². The third-order valence-electron chi connectivity index (χ3n) is 3.74. The van der Waals surface area contributed by atoms with Crippen LogP contribution in [0.3, 0.4) is 0 Å². The molecule has 1 saturated carbocycles. The average Bonchev–Trinajstić information content (AvgIpc) is 3.01. The molecule has 1 aliphatic heterocycles. The second-order valence-corrected chi connectivity index (χ2v) is 5.63. The van der Waals surface area contributed by atoms with Gasteiger partial charge in [-0.2, -0.15) is 0 Å². The summed E-state index contributed by atoms with van der Waals surface area (Å²) in [6, 6.07) is -0.141. The molecular weight excluding hydrogens is 262 g/mol. The van der Waals surface area contributed by atoms with Gasteiger partial charge in [0.15, 0.2) is 11.6 Å². The molecule has 3 N–H and O–H groups in total. The molecule has 1 aliphatic carbocycles. The normalized spacial score (nSPS) is 34.9. The molecule has 0 bridgehead atoms. The van der Waals surface area contributed by atoms with Crippen molar-refractivity contribution >= 4 is 12.1 Å². The molecule has 3 rings (SSSR count). The van der Waals surface area contributed by atoms with Crippen LogP contribution < -0.4 is 5.73 Å². The summed E-state index contributed by atoms with van der Waals surface area (Å²) in [6.07, 6.45) is 2.49. The number of carbonyl (C=O) groups is 1. The van der Waals surface area contributed by atoms with Crippen molar-refractivity contribution in [1.29, 1.82) is 5.41 Å². The topological polar surface area (TPSA) is 116 Å². The zero-order chi connectivity index (χ0) is 14.5. The minimum Gasteiger partial charge on any atom is -0.381 e. The van der Waals surface area contributed by atoms with E-state index in [1.54, 1.807) is 4.68 Å². The van der Waals surface area contributed by atoms with Gasteiger partial charge in [-0.15, -0.1) is 5.10 Å². The highest BCUT2D eigenvalue weighted by molar-refractivity contribution is 5.90. The summed E-state index contributed by atoms with van der Waals surface area (Å²) in [7, 11) is 0.